The van der Waals surface area contributed by atoms with Crippen molar-refractivity contribution < 1.29 is 10.2 Å². The van der Waals surface area contributed by atoms with E-state index in [1.807, 2.05) is 50.2 Å². The maximum atomic E-state index is 9.90. The Bertz CT molecular complexity index is 325. The second kappa shape index (κ2) is 5.87. The first-order valence-corrected chi connectivity index (χ1v) is 5.60. The highest BCUT2D eigenvalue weighted by Gasteiger charge is 2.15. The van der Waals surface area contributed by atoms with Crippen molar-refractivity contribution in [3.63, 3.8) is 0 Å². The van der Waals surface area contributed by atoms with Gasteiger partial charge in [0.25, 0.3) is 0 Å². The lowest BCUT2D eigenvalue weighted by molar-refractivity contribution is 0.0776. The minimum atomic E-state index is -0.494. The van der Waals surface area contributed by atoms with Crippen LogP contribution in [0.25, 0.3) is 0 Å². The molecule has 2 atom stereocenters. The van der Waals surface area contributed by atoms with Gasteiger partial charge in [-0.25, -0.2) is 0 Å². The molecule has 0 spiro atoms. The molecular formula is C13H21NO2. The van der Waals surface area contributed by atoms with Crippen LogP contribution >= 0.6 is 0 Å². The van der Waals surface area contributed by atoms with Crippen molar-refractivity contribution in [1.82, 2.24) is 0 Å². The molecule has 0 heterocycles. The standard InChI is InChI=1S/C13H21NO2/c1-10(9-15)13(16)8-11-6-4-5-7-12(11)14(2)3/h4-7,10,13,15-16H,8-9H2,1-3H3. The van der Waals surface area contributed by atoms with E-state index in [-0.39, 0.29) is 12.5 Å². The fourth-order valence-corrected chi connectivity index (χ4v) is 1.67. The third-order valence-electron chi connectivity index (χ3n) is 2.85. The molecule has 0 aliphatic carbocycles. The zero-order chi connectivity index (χ0) is 12.1. The number of nitrogens with zero attached hydrogens (tertiary/aromatic N) is 1. The monoisotopic (exact) mass is 223 g/mol. The average molecular weight is 223 g/mol. The largest absolute Gasteiger partial charge is 0.396 e. The molecule has 0 aliphatic heterocycles. The Labute approximate surface area is 97.3 Å². The van der Waals surface area contributed by atoms with E-state index in [0.29, 0.717) is 6.42 Å². The van der Waals surface area contributed by atoms with Gasteiger partial charge in [0, 0.05) is 38.7 Å². The number of rotatable bonds is 5. The summed E-state index contributed by atoms with van der Waals surface area (Å²) < 4.78 is 0. The molecule has 3 nitrogen and oxygen atoms in total. The molecule has 0 saturated carbocycles. The van der Waals surface area contributed by atoms with Crippen LogP contribution in [0, 0.1) is 5.92 Å². The normalized spacial score (nSPS) is 14.6. The van der Waals surface area contributed by atoms with Crippen molar-refractivity contribution in [2.45, 2.75) is 19.4 Å². The Kier molecular flexibility index (Phi) is 4.77. The van der Waals surface area contributed by atoms with E-state index in [1.54, 1.807) is 0 Å². The second-order valence-electron chi connectivity index (χ2n) is 4.45. The van der Waals surface area contributed by atoms with Crippen molar-refractivity contribution in [2.24, 2.45) is 5.92 Å². The molecule has 1 rings (SSSR count). The van der Waals surface area contributed by atoms with Gasteiger partial charge in [0.2, 0.25) is 0 Å². The Morgan fingerprint density at radius 1 is 1.25 bits per heavy atom. The van der Waals surface area contributed by atoms with Crippen LogP contribution < -0.4 is 4.90 Å². The van der Waals surface area contributed by atoms with Gasteiger partial charge >= 0.3 is 0 Å². The van der Waals surface area contributed by atoms with Crippen LogP contribution in [-0.2, 0) is 6.42 Å². The minimum Gasteiger partial charge on any atom is -0.396 e. The molecule has 0 saturated heterocycles. The molecule has 0 bridgehead atoms. The van der Waals surface area contributed by atoms with Crippen LogP contribution in [0.15, 0.2) is 24.3 Å². The molecule has 1 aromatic rings. The van der Waals surface area contributed by atoms with Gasteiger partial charge in [-0.3, -0.25) is 0 Å². The first-order chi connectivity index (χ1) is 7.56. The maximum Gasteiger partial charge on any atom is 0.0628 e. The number of anilines is 1. The van der Waals surface area contributed by atoms with E-state index in [9.17, 15) is 5.11 Å². The predicted molar refractivity (Wildman–Crippen MR) is 66.7 cm³/mol. The molecule has 2 unspecified atom stereocenters. The van der Waals surface area contributed by atoms with Gasteiger partial charge in [-0.05, 0) is 11.6 Å². The molecule has 0 amide bonds. The summed E-state index contributed by atoms with van der Waals surface area (Å²) in [5, 5.41) is 18.9. The van der Waals surface area contributed by atoms with Crippen molar-refractivity contribution in [1.29, 1.82) is 0 Å². The van der Waals surface area contributed by atoms with Crippen molar-refractivity contribution >= 4 is 5.69 Å². The molecule has 16 heavy (non-hydrogen) atoms. The van der Waals surface area contributed by atoms with Gasteiger partial charge in [0.05, 0.1) is 6.10 Å². The summed E-state index contributed by atoms with van der Waals surface area (Å²) in [4.78, 5) is 2.03. The average Bonchev–Trinajstić information content (AvgIpc) is 2.28. The lowest BCUT2D eigenvalue weighted by atomic mass is 9.97. The molecule has 0 aromatic heterocycles. The lowest BCUT2D eigenvalue weighted by Crippen LogP contribution is -2.24. The van der Waals surface area contributed by atoms with E-state index in [1.165, 1.54) is 0 Å². The third kappa shape index (κ3) is 3.22. The van der Waals surface area contributed by atoms with Crippen LogP contribution in [0.5, 0.6) is 0 Å². The molecule has 0 fully saturated rings. The Morgan fingerprint density at radius 3 is 2.44 bits per heavy atom. The number of benzene rings is 1. The highest BCUT2D eigenvalue weighted by atomic mass is 16.3. The molecule has 0 aliphatic rings. The van der Waals surface area contributed by atoms with Gasteiger partial charge in [0.1, 0.15) is 0 Å². The number of aliphatic hydroxyl groups excluding tert-OH is 2. The van der Waals surface area contributed by atoms with Crippen LogP contribution in [0.1, 0.15) is 12.5 Å². The summed E-state index contributed by atoms with van der Waals surface area (Å²) >= 11 is 0. The minimum absolute atomic E-state index is 0.0191. The highest BCUT2D eigenvalue weighted by molar-refractivity contribution is 5.52. The Balaban J connectivity index is 2.80. The summed E-state index contributed by atoms with van der Waals surface area (Å²) in [6.45, 7) is 1.87. The Hall–Kier alpha value is -1.06. The van der Waals surface area contributed by atoms with Crippen LogP contribution in [0.2, 0.25) is 0 Å². The SMILES string of the molecule is CC(CO)C(O)Cc1ccccc1N(C)C. The number of aliphatic hydroxyl groups is 2. The van der Waals surface area contributed by atoms with Crippen molar-refractivity contribution in [3.8, 4) is 0 Å². The molecule has 0 radical (unpaired) electrons. The Morgan fingerprint density at radius 2 is 1.88 bits per heavy atom. The van der Waals surface area contributed by atoms with E-state index in [4.69, 9.17) is 5.11 Å². The van der Waals surface area contributed by atoms with Crippen LogP contribution in [0.4, 0.5) is 5.69 Å². The van der Waals surface area contributed by atoms with Gasteiger partial charge in [0.15, 0.2) is 0 Å². The predicted octanol–water partition coefficient (Wildman–Crippen LogP) is 1.28. The zero-order valence-corrected chi connectivity index (χ0v) is 10.2. The second-order valence-corrected chi connectivity index (χ2v) is 4.45. The summed E-state index contributed by atoms with van der Waals surface area (Å²) in [6, 6.07) is 8.01. The summed E-state index contributed by atoms with van der Waals surface area (Å²) in [7, 11) is 3.97. The van der Waals surface area contributed by atoms with Crippen molar-refractivity contribution in [3.05, 3.63) is 29.8 Å². The first-order valence-electron chi connectivity index (χ1n) is 5.60. The van der Waals surface area contributed by atoms with Crippen LogP contribution in [-0.4, -0.2) is 37.0 Å². The third-order valence-corrected chi connectivity index (χ3v) is 2.85. The molecular weight excluding hydrogens is 202 g/mol. The van der Waals surface area contributed by atoms with Crippen LogP contribution in [0.3, 0.4) is 0 Å². The molecule has 1 aromatic carbocycles. The molecule has 2 N–H and O–H groups in total. The van der Waals surface area contributed by atoms with Gasteiger partial charge in [-0.2, -0.15) is 0 Å². The smallest absolute Gasteiger partial charge is 0.0628 e. The highest BCUT2D eigenvalue weighted by Crippen LogP contribution is 2.21. The summed E-state index contributed by atoms with van der Waals surface area (Å²) in [6.07, 6.45) is 0.0851. The van der Waals surface area contributed by atoms with E-state index in [2.05, 4.69) is 0 Å². The van der Waals surface area contributed by atoms with Gasteiger partial charge in [-0.1, -0.05) is 25.1 Å². The number of hydrogen-bond acceptors (Lipinski definition) is 3. The maximum absolute atomic E-state index is 9.90. The summed E-state index contributed by atoms with van der Waals surface area (Å²) in [5.41, 5.74) is 2.23. The quantitative estimate of drug-likeness (QED) is 0.790. The van der Waals surface area contributed by atoms with E-state index in [0.717, 1.165) is 11.3 Å². The summed E-state index contributed by atoms with van der Waals surface area (Å²) in [5.74, 6) is -0.0878. The number of hydrogen-bond donors (Lipinski definition) is 2. The lowest BCUT2D eigenvalue weighted by Gasteiger charge is -2.21. The zero-order valence-electron chi connectivity index (χ0n) is 10.2. The van der Waals surface area contributed by atoms with Gasteiger partial charge < -0.3 is 15.1 Å². The topological polar surface area (TPSA) is 43.7 Å². The van der Waals surface area contributed by atoms with E-state index < -0.39 is 6.10 Å². The molecule has 3 heteroatoms. The number of para-hydroxylation sites is 1. The molecule has 90 valence electrons. The fourth-order valence-electron chi connectivity index (χ4n) is 1.67. The van der Waals surface area contributed by atoms with Crippen molar-refractivity contribution in [2.75, 3.05) is 25.6 Å². The first kappa shape index (κ1) is 13.0. The fraction of sp³-hybridized carbons (Fsp3) is 0.538. The van der Waals surface area contributed by atoms with Gasteiger partial charge in [-0.15, -0.1) is 0 Å². The van der Waals surface area contributed by atoms with E-state index >= 15 is 0 Å².